The van der Waals surface area contributed by atoms with Gasteiger partial charge in [0.25, 0.3) is 0 Å². The molecule has 0 aromatic heterocycles. The first kappa shape index (κ1) is 7.54. The van der Waals surface area contributed by atoms with Crippen molar-refractivity contribution < 1.29 is 9.90 Å². The molecular weight excluding hydrogens is 130 g/mol. The number of aliphatic hydroxyl groups is 1. The maximum Gasteiger partial charge on any atom is 0.209 e. The van der Waals surface area contributed by atoms with E-state index in [-0.39, 0.29) is 6.10 Å². The fraction of sp³-hybridized carbons (Fsp3) is 0.857. The molecule has 1 aliphatic heterocycles. The Labute approximate surface area is 60.6 Å². The van der Waals surface area contributed by atoms with E-state index in [2.05, 4.69) is 0 Å². The van der Waals surface area contributed by atoms with Crippen LogP contribution in [-0.4, -0.2) is 35.6 Å². The Kier molecular flexibility index (Phi) is 2.27. The minimum Gasteiger partial charge on any atom is -0.391 e. The molecule has 58 valence electrons. The third kappa shape index (κ3) is 1.48. The Balaban J connectivity index is 2.40. The number of nitrogens with zero attached hydrogens (tertiary/aromatic N) is 1. The summed E-state index contributed by atoms with van der Waals surface area (Å²) in [6.07, 6.45) is 1.40. The molecular formula is C7H13NO2. The Morgan fingerprint density at radius 3 is 2.90 bits per heavy atom. The van der Waals surface area contributed by atoms with E-state index in [1.807, 2.05) is 6.92 Å². The van der Waals surface area contributed by atoms with Crippen molar-refractivity contribution in [3.63, 3.8) is 0 Å². The van der Waals surface area contributed by atoms with Crippen molar-refractivity contribution in [2.24, 2.45) is 5.92 Å². The number of hydrogen-bond acceptors (Lipinski definition) is 2. The highest BCUT2D eigenvalue weighted by atomic mass is 16.3. The first-order valence-corrected chi connectivity index (χ1v) is 3.61. The molecule has 2 atom stereocenters. The van der Waals surface area contributed by atoms with E-state index in [0.29, 0.717) is 12.5 Å². The molecule has 0 saturated carbocycles. The number of amides is 1. The number of β-amino-alcohol motifs (C(OH)–C–C–N with tert-alkyl or cyclic N) is 1. The molecule has 0 spiro atoms. The summed E-state index contributed by atoms with van der Waals surface area (Å²) in [7, 11) is 0. The molecule has 1 N–H and O–H groups in total. The van der Waals surface area contributed by atoms with E-state index in [1.165, 1.54) is 0 Å². The van der Waals surface area contributed by atoms with Gasteiger partial charge in [0, 0.05) is 13.1 Å². The van der Waals surface area contributed by atoms with E-state index in [0.717, 1.165) is 19.4 Å². The van der Waals surface area contributed by atoms with E-state index < -0.39 is 0 Å². The van der Waals surface area contributed by atoms with Gasteiger partial charge in [0.15, 0.2) is 0 Å². The standard InChI is InChI=1S/C7H13NO2/c1-6-2-3-8(5-9)4-7(6)10/h5-7,10H,2-4H2,1H3. The number of carbonyl (C=O) groups is 1. The Morgan fingerprint density at radius 1 is 1.70 bits per heavy atom. The van der Waals surface area contributed by atoms with Gasteiger partial charge in [-0.25, -0.2) is 0 Å². The second-order valence-electron chi connectivity index (χ2n) is 2.93. The fourth-order valence-electron chi connectivity index (χ4n) is 1.17. The summed E-state index contributed by atoms with van der Waals surface area (Å²) >= 11 is 0. The molecule has 1 rings (SSSR count). The molecule has 1 fully saturated rings. The van der Waals surface area contributed by atoms with Gasteiger partial charge in [-0.3, -0.25) is 4.79 Å². The van der Waals surface area contributed by atoms with Crippen LogP contribution >= 0.6 is 0 Å². The normalized spacial score (nSPS) is 34.0. The Morgan fingerprint density at radius 2 is 2.40 bits per heavy atom. The van der Waals surface area contributed by atoms with Gasteiger partial charge < -0.3 is 10.0 Å². The van der Waals surface area contributed by atoms with Gasteiger partial charge in [-0.05, 0) is 12.3 Å². The number of hydrogen-bond donors (Lipinski definition) is 1. The van der Waals surface area contributed by atoms with Gasteiger partial charge >= 0.3 is 0 Å². The average molecular weight is 143 g/mol. The van der Waals surface area contributed by atoms with Crippen LogP contribution in [0.15, 0.2) is 0 Å². The first-order valence-electron chi connectivity index (χ1n) is 3.61. The van der Waals surface area contributed by atoms with Crippen LogP contribution in [0.4, 0.5) is 0 Å². The van der Waals surface area contributed by atoms with Crippen molar-refractivity contribution in [3.05, 3.63) is 0 Å². The first-order chi connectivity index (χ1) is 4.74. The number of likely N-dealkylation sites (tertiary alicyclic amines) is 1. The molecule has 0 aliphatic carbocycles. The molecule has 3 nitrogen and oxygen atoms in total. The molecule has 1 aliphatic rings. The predicted octanol–water partition coefficient (Wildman–Crippen LogP) is -0.155. The van der Waals surface area contributed by atoms with Crippen LogP contribution in [0.2, 0.25) is 0 Å². The molecule has 0 bridgehead atoms. The fourth-order valence-corrected chi connectivity index (χ4v) is 1.17. The largest absolute Gasteiger partial charge is 0.391 e. The maximum absolute atomic E-state index is 10.2. The highest BCUT2D eigenvalue weighted by molar-refractivity contribution is 5.47. The van der Waals surface area contributed by atoms with Crippen LogP contribution in [-0.2, 0) is 4.79 Å². The second-order valence-corrected chi connectivity index (χ2v) is 2.93. The number of carbonyl (C=O) groups excluding carboxylic acids is 1. The molecule has 0 aromatic rings. The summed E-state index contributed by atoms with van der Waals surface area (Å²) in [5.74, 6) is 0.344. The molecule has 10 heavy (non-hydrogen) atoms. The second kappa shape index (κ2) is 3.01. The van der Waals surface area contributed by atoms with Crippen LogP contribution in [0.25, 0.3) is 0 Å². The summed E-state index contributed by atoms with van der Waals surface area (Å²) in [6.45, 7) is 3.30. The van der Waals surface area contributed by atoms with Crippen LogP contribution in [0.1, 0.15) is 13.3 Å². The highest BCUT2D eigenvalue weighted by Crippen LogP contribution is 2.14. The van der Waals surface area contributed by atoms with Crippen LogP contribution in [0.5, 0.6) is 0 Å². The summed E-state index contributed by atoms with van der Waals surface area (Å²) in [6, 6.07) is 0. The minimum atomic E-state index is -0.320. The van der Waals surface area contributed by atoms with Crippen molar-refractivity contribution in [1.82, 2.24) is 4.90 Å². The Bertz CT molecular complexity index is 127. The molecule has 1 saturated heterocycles. The van der Waals surface area contributed by atoms with Crippen LogP contribution in [0.3, 0.4) is 0 Å². The summed E-state index contributed by atoms with van der Waals surface area (Å²) in [5, 5.41) is 9.28. The predicted molar refractivity (Wildman–Crippen MR) is 37.4 cm³/mol. The van der Waals surface area contributed by atoms with Crippen LogP contribution in [0, 0.1) is 5.92 Å². The van der Waals surface area contributed by atoms with Gasteiger partial charge in [-0.2, -0.15) is 0 Å². The van der Waals surface area contributed by atoms with Crippen molar-refractivity contribution >= 4 is 6.41 Å². The van der Waals surface area contributed by atoms with Gasteiger partial charge in [0.2, 0.25) is 6.41 Å². The maximum atomic E-state index is 10.2. The van der Waals surface area contributed by atoms with Crippen molar-refractivity contribution in [2.75, 3.05) is 13.1 Å². The molecule has 2 unspecified atom stereocenters. The number of rotatable bonds is 1. The van der Waals surface area contributed by atoms with E-state index in [9.17, 15) is 9.90 Å². The average Bonchev–Trinajstić information content (AvgIpc) is 1.95. The lowest BCUT2D eigenvalue weighted by molar-refractivity contribution is -0.122. The third-order valence-corrected chi connectivity index (χ3v) is 2.10. The highest BCUT2D eigenvalue weighted by Gasteiger charge is 2.22. The summed E-state index contributed by atoms with van der Waals surface area (Å²) in [5.41, 5.74) is 0. The summed E-state index contributed by atoms with van der Waals surface area (Å²) < 4.78 is 0. The lowest BCUT2D eigenvalue weighted by Crippen LogP contribution is -2.41. The van der Waals surface area contributed by atoms with E-state index >= 15 is 0 Å². The zero-order chi connectivity index (χ0) is 7.56. The quantitative estimate of drug-likeness (QED) is 0.518. The topological polar surface area (TPSA) is 40.5 Å². The zero-order valence-corrected chi connectivity index (χ0v) is 6.16. The van der Waals surface area contributed by atoms with Gasteiger partial charge in [-0.15, -0.1) is 0 Å². The van der Waals surface area contributed by atoms with Crippen molar-refractivity contribution in [3.8, 4) is 0 Å². The lowest BCUT2D eigenvalue weighted by atomic mass is 9.97. The molecule has 0 radical (unpaired) electrons. The molecule has 1 heterocycles. The van der Waals surface area contributed by atoms with Crippen LogP contribution < -0.4 is 0 Å². The van der Waals surface area contributed by atoms with Gasteiger partial charge in [-0.1, -0.05) is 6.92 Å². The summed E-state index contributed by atoms with van der Waals surface area (Å²) in [4.78, 5) is 11.8. The Hall–Kier alpha value is -0.570. The minimum absolute atomic E-state index is 0.320. The van der Waals surface area contributed by atoms with Crippen molar-refractivity contribution in [2.45, 2.75) is 19.4 Å². The number of aliphatic hydroxyl groups excluding tert-OH is 1. The number of piperidine rings is 1. The third-order valence-electron chi connectivity index (χ3n) is 2.10. The van der Waals surface area contributed by atoms with Crippen molar-refractivity contribution in [1.29, 1.82) is 0 Å². The smallest absolute Gasteiger partial charge is 0.209 e. The van der Waals surface area contributed by atoms with Gasteiger partial charge in [0.05, 0.1) is 6.10 Å². The molecule has 3 heteroatoms. The SMILES string of the molecule is CC1CCN(C=O)CC1O. The molecule has 1 amide bonds. The monoisotopic (exact) mass is 143 g/mol. The molecule has 0 aromatic carbocycles. The van der Waals surface area contributed by atoms with Gasteiger partial charge in [0.1, 0.15) is 0 Å². The van der Waals surface area contributed by atoms with E-state index in [1.54, 1.807) is 4.90 Å². The van der Waals surface area contributed by atoms with E-state index in [4.69, 9.17) is 0 Å². The lowest BCUT2D eigenvalue weighted by Gasteiger charge is -2.31. The zero-order valence-electron chi connectivity index (χ0n) is 6.16.